The van der Waals surface area contributed by atoms with Gasteiger partial charge in [-0.15, -0.1) is 0 Å². The summed E-state index contributed by atoms with van der Waals surface area (Å²) in [7, 11) is -3.84. The topological polar surface area (TPSA) is 117 Å². The van der Waals surface area contributed by atoms with Crippen LogP contribution < -0.4 is 14.9 Å². The average molecular weight is 450 g/mol. The maximum Gasteiger partial charge on any atom is 0.262 e. The van der Waals surface area contributed by atoms with E-state index in [2.05, 4.69) is 4.72 Å². The predicted molar refractivity (Wildman–Crippen MR) is 113 cm³/mol. The van der Waals surface area contributed by atoms with E-state index in [4.69, 9.17) is 14.7 Å². The Bertz CT molecular complexity index is 931. The van der Waals surface area contributed by atoms with Crippen LogP contribution in [0, 0.1) is 0 Å². The zero-order valence-electron chi connectivity index (χ0n) is 17.1. The Morgan fingerprint density at radius 1 is 1.10 bits per heavy atom. The molecule has 1 saturated heterocycles. The zero-order chi connectivity index (χ0) is 22.1. The van der Waals surface area contributed by atoms with E-state index in [9.17, 15) is 13.2 Å². The Kier molecular flexibility index (Phi) is 8.38. The fourth-order valence-corrected chi connectivity index (χ4v) is 4.31. The number of ether oxygens (including phenoxy) is 2. The second-order valence-corrected chi connectivity index (χ2v) is 8.81. The van der Waals surface area contributed by atoms with Crippen molar-refractivity contribution in [1.82, 2.24) is 15.1 Å². The van der Waals surface area contributed by atoms with Gasteiger partial charge in [-0.3, -0.25) is 14.9 Å². The van der Waals surface area contributed by atoms with Gasteiger partial charge in [0.1, 0.15) is 11.8 Å². The summed E-state index contributed by atoms with van der Waals surface area (Å²) in [5.41, 5.74) is 2.76. The lowest BCUT2D eigenvalue weighted by Crippen LogP contribution is -2.55. The van der Waals surface area contributed by atoms with Crippen molar-refractivity contribution < 1.29 is 27.9 Å². The van der Waals surface area contributed by atoms with Gasteiger partial charge in [0.25, 0.3) is 5.91 Å². The van der Waals surface area contributed by atoms with Crippen molar-refractivity contribution in [3.63, 3.8) is 0 Å². The minimum Gasteiger partial charge on any atom is -0.493 e. The first kappa shape index (κ1) is 23.2. The number of benzene rings is 2. The fraction of sp³-hybridized carbons (Fsp3) is 0.381. The first-order valence-electron chi connectivity index (χ1n) is 10.0. The number of amides is 1. The van der Waals surface area contributed by atoms with Gasteiger partial charge < -0.3 is 9.47 Å². The van der Waals surface area contributed by atoms with Crippen LogP contribution in [0.3, 0.4) is 0 Å². The minimum absolute atomic E-state index is 0.0630. The normalized spacial score (nSPS) is 15.9. The number of morpholine rings is 1. The van der Waals surface area contributed by atoms with Crippen LogP contribution in [-0.2, 0) is 26.0 Å². The first-order chi connectivity index (χ1) is 15.0. The highest BCUT2D eigenvalue weighted by atomic mass is 32.2. The minimum atomic E-state index is -3.84. The van der Waals surface area contributed by atoms with Crippen LogP contribution in [0.25, 0.3) is 0 Å². The van der Waals surface area contributed by atoms with Gasteiger partial charge >= 0.3 is 0 Å². The van der Waals surface area contributed by atoms with E-state index in [0.717, 1.165) is 12.0 Å². The smallest absolute Gasteiger partial charge is 0.262 e. The molecule has 0 saturated carbocycles. The second kappa shape index (κ2) is 11.2. The maximum atomic E-state index is 12.7. The monoisotopic (exact) mass is 449 g/mol. The lowest BCUT2D eigenvalue weighted by molar-refractivity contribution is -0.136. The summed E-state index contributed by atoms with van der Waals surface area (Å²) in [5, 5.41) is 9.01. The van der Waals surface area contributed by atoms with E-state index in [1.807, 2.05) is 30.3 Å². The first-order valence-corrected chi connectivity index (χ1v) is 11.5. The number of carbonyl (C=O) groups excluding carboxylic acids is 1. The van der Waals surface area contributed by atoms with Crippen LogP contribution in [-0.4, -0.2) is 69.9 Å². The Morgan fingerprint density at radius 3 is 2.42 bits per heavy atom. The van der Waals surface area contributed by atoms with E-state index in [-0.39, 0.29) is 11.4 Å². The highest BCUT2D eigenvalue weighted by Gasteiger charge is 2.29. The Hall–Kier alpha value is -2.50. The van der Waals surface area contributed by atoms with Crippen molar-refractivity contribution in [2.75, 3.05) is 39.5 Å². The van der Waals surface area contributed by atoms with Gasteiger partial charge in [-0.05, 0) is 29.8 Å². The number of rotatable bonds is 10. The number of hydrogen-bond donors (Lipinski definition) is 3. The maximum absolute atomic E-state index is 12.7. The van der Waals surface area contributed by atoms with Crippen LogP contribution >= 0.6 is 0 Å². The van der Waals surface area contributed by atoms with Crippen LogP contribution in [0.1, 0.15) is 5.56 Å². The molecule has 1 amide bonds. The van der Waals surface area contributed by atoms with E-state index in [1.165, 1.54) is 12.1 Å². The third-order valence-corrected chi connectivity index (χ3v) is 6.44. The summed E-state index contributed by atoms with van der Waals surface area (Å²) in [5.74, 6) is -0.104. The highest BCUT2D eigenvalue weighted by molar-refractivity contribution is 7.89. The Balaban J connectivity index is 1.55. The molecule has 0 aromatic heterocycles. The molecule has 1 atom stereocenters. The summed E-state index contributed by atoms with van der Waals surface area (Å²) in [6, 6.07) is 15.2. The molecule has 3 rings (SSSR count). The van der Waals surface area contributed by atoms with Crippen molar-refractivity contribution in [2.45, 2.75) is 17.4 Å². The Labute approximate surface area is 182 Å². The molecular formula is C21H27N3O6S. The molecule has 0 unspecified atom stereocenters. The molecule has 1 aliphatic rings. The van der Waals surface area contributed by atoms with Gasteiger partial charge in [-0.1, -0.05) is 30.3 Å². The lowest BCUT2D eigenvalue weighted by Gasteiger charge is -2.32. The van der Waals surface area contributed by atoms with Gasteiger partial charge in [0.15, 0.2) is 0 Å². The van der Waals surface area contributed by atoms with Crippen LogP contribution in [0.5, 0.6) is 5.75 Å². The number of sulfonamides is 1. The molecule has 0 bridgehead atoms. The molecule has 1 fully saturated rings. The van der Waals surface area contributed by atoms with Gasteiger partial charge in [0, 0.05) is 26.1 Å². The van der Waals surface area contributed by atoms with Crippen LogP contribution in [0.4, 0.5) is 0 Å². The second-order valence-electron chi connectivity index (χ2n) is 7.05. The highest BCUT2D eigenvalue weighted by Crippen LogP contribution is 2.17. The third kappa shape index (κ3) is 6.74. The zero-order valence-corrected chi connectivity index (χ0v) is 17.9. The third-order valence-electron chi connectivity index (χ3n) is 5.00. The molecule has 2 aromatic carbocycles. The molecule has 1 aliphatic heterocycles. The van der Waals surface area contributed by atoms with Crippen LogP contribution in [0.15, 0.2) is 59.5 Å². The van der Waals surface area contributed by atoms with Gasteiger partial charge in [0.2, 0.25) is 10.0 Å². The standard InChI is InChI=1S/C21H27N3O6S/c25-21(23-26)20(24-11-14-29-15-12-24)16-22-31(27,28)19-8-6-18(7-9-19)30-13-10-17-4-2-1-3-5-17/h1-9,20,22,26H,10-16H2,(H,23,25)/t20-/m0/s1. The average Bonchev–Trinajstić information content (AvgIpc) is 2.81. The lowest BCUT2D eigenvalue weighted by atomic mass is 10.2. The van der Waals surface area contributed by atoms with Crippen molar-refractivity contribution in [3.05, 3.63) is 60.2 Å². The molecule has 1 heterocycles. The van der Waals surface area contributed by atoms with Crippen LogP contribution in [0.2, 0.25) is 0 Å². The molecule has 0 spiro atoms. The van der Waals surface area contributed by atoms with E-state index in [1.54, 1.807) is 22.5 Å². The van der Waals surface area contributed by atoms with Gasteiger partial charge in [0.05, 0.1) is 24.7 Å². The van der Waals surface area contributed by atoms with Gasteiger partial charge in [-0.2, -0.15) is 0 Å². The molecule has 0 aliphatic carbocycles. The molecule has 10 heteroatoms. The molecule has 9 nitrogen and oxygen atoms in total. The summed E-state index contributed by atoms with van der Waals surface area (Å²) in [6.07, 6.45) is 0.748. The van der Waals surface area contributed by atoms with E-state index >= 15 is 0 Å². The number of hydrogen-bond acceptors (Lipinski definition) is 7. The van der Waals surface area contributed by atoms with Crippen molar-refractivity contribution >= 4 is 15.9 Å². The quantitative estimate of drug-likeness (QED) is 0.363. The molecule has 168 valence electrons. The van der Waals surface area contributed by atoms with E-state index < -0.39 is 22.0 Å². The molecule has 31 heavy (non-hydrogen) atoms. The van der Waals surface area contributed by atoms with Crippen molar-refractivity contribution in [1.29, 1.82) is 0 Å². The number of carbonyl (C=O) groups is 1. The van der Waals surface area contributed by atoms with E-state index in [0.29, 0.717) is 38.7 Å². The number of nitrogens with one attached hydrogen (secondary N) is 2. The number of nitrogens with zero attached hydrogens (tertiary/aromatic N) is 1. The number of hydroxylamine groups is 1. The Morgan fingerprint density at radius 2 is 1.77 bits per heavy atom. The SMILES string of the molecule is O=C(NO)[C@H](CNS(=O)(=O)c1ccc(OCCc2ccccc2)cc1)N1CCOCC1. The summed E-state index contributed by atoms with van der Waals surface area (Å²) in [4.78, 5) is 13.8. The van der Waals surface area contributed by atoms with Crippen molar-refractivity contribution in [3.8, 4) is 5.75 Å². The molecule has 0 radical (unpaired) electrons. The molecule has 3 N–H and O–H groups in total. The van der Waals surface area contributed by atoms with Crippen molar-refractivity contribution in [2.24, 2.45) is 0 Å². The molecule has 2 aromatic rings. The largest absolute Gasteiger partial charge is 0.493 e. The summed E-state index contributed by atoms with van der Waals surface area (Å²) >= 11 is 0. The predicted octanol–water partition coefficient (Wildman–Crippen LogP) is 0.793. The van der Waals surface area contributed by atoms with Gasteiger partial charge in [-0.25, -0.2) is 18.6 Å². The fourth-order valence-electron chi connectivity index (χ4n) is 3.27. The molecular weight excluding hydrogens is 422 g/mol. The summed E-state index contributed by atoms with van der Waals surface area (Å²) in [6.45, 7) is 2.11. The summed E-state index contributed by atoms with van der Waals surface area (Å²) < 4.78 is 38.7.